The topological polar surface area (TPSA) is 20.3 Å². The number of halogens is 1. The molecule has 0 bridgehead atoms. The average molecular weight is 252 g/mol. The molecule has 1 aliphatic rings. The Morgan fingerprint density at radius 3 is 2.76 bits per heavy atom. The number of hydrogen-bond donors (Lipinski definition) is 0. The van der Waals surface area contributed by atoms with Gasteiger partial charge in [-0.15, -0.1) is 0 Å². The summed E-state index contributed by atoms with van der Waals surface area (Å²) in [6.45, 7) is 6.96. The molecular weight excluding hydrogens is 234 g/mol. The molecule has 3 heteroatoms. The second kappa shape index (κ2) is 4.34. The zero-order valence-electron chi connectivity index (χ0n) is 10.6. The lowest BCUT2D eigenvalue weighted by molar-refractivity contribution is -0.124. The molecule has 0 aromatic heterocycles. The largest absolute Gasteiger partial charge is 0.359 e. The van der Waals surface area contributed by atoms with Gasteiger partial charge in [-0.25, -0.2) is 0 Å². The van der Waals surface area contributed by atoms with Crippen molar-refractivity contribution in [1.29, 1.82) is 0 Å². The summed E-state index contributed by atoms with van der Waals surface area (Å²) in [5.74, 6) is 0.308. The van der Waals surface area contributed by atoms with Gasteiger partial charge in [0.25, 0.3) is 0 Å². The molecule has 92 valence electrons. The number of ketones is 1. The van der Waals surface area contributed by atoms with Gasteiger partial charge in [0.05, 0.1) is 5.54 Å². The first kappa shape index (κ1) is 12.4. The van der Waals surface area contributed by atoms with E-state index in [4.69, 9.17) is 11.6 Å². The molecule has 0 amide bonds. The summed E-state index contributed by atoms with van der Waals surface area (Å²) in [5, 5.41) is 0.722. The first-order valence-corrected chi connectivity index (χ1v) is 6.38. The second-order valence-electron chi connectivity index (χ2n) is 5.17. The molecule has 1 saturated heterocycles. The highest BCUT2D eigenvalue weighted by atomic mass is 35.5. The molecule has 0 aliphatic carbocycles. The molecule has 0 N–H and O–H groups in total. The van der Waals surface area contributed by atoms with Gasteiger partial charge in [0.15, 0.2) is 5.78 Å². The Morgan fingerprint density at radius 2 is 2.06 bits per heavy atom. The summed E-state index contributed by atoms with van der Waals surface area (Å²) < 4.78 is 0. The van der Waals surface area contributed by atoms with Gasteiger partial charge < -0.3 is 4.90 Å². The molecule has 0 radical (unpaired) electrons. The van der Waals surface area contributed by atoms with Crippen LogP contribution >= 0.6 is 11.6 Å². The number of carbonyl (C=O) groups excluding carboxylic acids is 1. The van der Waals surface area contributed by atoms with Crippen LogP contribution in [-0.4, -0.2) is 17.9 Å². The third-order valence-corrected chi connectivity index (χ3v) is 3.84. The normalized spacial score (nSPS) is 19.5. The number of aryl methyl sites for hydroxylation is 1. The Balaban J connectivity index is 2.44. The number of rotatable bonds is 1. The molecule has 17 heavy (non-hydrogen) atoms. The predicted molar refractivity (Wildman–Crippen MR) is 71.9 cm³/mol. The molecule has 1 heterocycles. The minimum absolute atomic E-state index is 0.308. The lowest BCUT2D eigenvalue weighted by Crippen LogP contribution is -2.54. The molecule has 1 aromatic carbocycles. The maximum atomic E-state index is 12.0. The van der Waals surface area contributed by atoms with Crippen LogP contribution in [0.15, 0.2) is 18.2 Å². The van der Waals surface area contributed by atoms with E-state index in [0.717, 1.165) is 29.2 Å². The van der Waals surface area contributed by atoms with E-state index < -0.39 is 5.54 Å². The van der Waals surface area contributed by atoms with Crippen LogP contribution in [0.4, 0.5) is 5.69 Å². The second-order valence-corrected chi connectivity index (χ2v) is 5.60. The number of Topliss-reactive ketones (excluding diaryl/α,β-unsaturated/α-hetero) is 1. The van der Waals surface area contributed by atoms with Crippen molar-refractivity contribution in [3.05, 3.63) is 28.8 Å². The minimum atomic E-state index is -0.423. The van der Waals surface area contributed by atoms with E-state index >= 15 is 0 Å². The Bertz CT molecular complexity index is 454. The van der Waals surface area contributed by atoms with Crippen molar-refractivity contribution in [2.24, 2.45) is 0 Å². The monoisotopic (exact) mass is 251 g/mol. The van der Waals surface area contributed by atoms with Crippen LogP contribution < -0.4 is 4.90 Å². The van der Waals surface area contributed by atoms with Crippen molar-refractivity contribution in [2.45, 2.75) is 39.2 Å². The van der Waals surface area contributed by atoms with Crippen molar-refractivity contribution in [3.63, 3.8) is 0 Å². The number of benzene rings is 1. The molecular formula is C14H18ClNO. The van der Waals surface area contributed by atoms with Crippen LogP contribution in [0.1, 0.15) is 32.3 Å². The lowest BCUT2D eigenvalue weighted by atomic mass is 9.88. The van der Waals surface area contributed by atoms with E-state index in [0.29, 0.717) is 12.2 Å². The van der Waals surface area contributed by atoms with Crippen LogP contribution in [0.3, 0.4) is 0 Å². The van der Waals surface area contributed by atoms with Crippen molar-refractivity contribution in [3.8, 4) is 0 Å². The summed E-state index contributed by atoms with van der Waals surface area (Å²) in [5.41, 5.74) is 1.82. The Morgan fingerprint density at radius 1 is 1.35 bits per heavy atom. The number of anilines is 1. The Labute approximate surface area is 108 Å². The summed E-state index contributed by atoms with van der Waals surface area (Å²) in [6, 6.07) is 5.85. The molecule has 0 saturated carbocycles. The highest BCUT2D eigenvalue weighted by Gasteiger charge is 2.37. The van der Waals surface area contributed by atoms with E-state index in [2.05, 4.69) is 11.8 Å². The fraction of sp³-hybridized carbons (Fsp3) is 0.500. The average Bonchev–Trinajstić information content (AvgIpc) is 2.26. The highest BCUT2D eigenvalue weighted by molar-refractivity contribution is 6.30. The van der Waals surface area contributed by atoms with Crippen LogP contribution in [0.2, 0.25) is 5.02 Å². The van der Waals surface area contributed by atoms with E-state index in [1.54, 1.807) is 0 Å². The van der Waals surface area contributed by atoms with Crippen molar-refractivity contribution >= 4 is 23.1 Å². The fourth-order valence-corrected chi connectivity index (χ4v) is 2.59. The van der Waals surface area contributed by atoms with Gasteiger partial charge in [-0.2, -0.15) is 0 Å². The van der Waals surface area contributed by atoms with Crippen LogP contribution in [-0.2, 0) is 4.79 Å². The van der Waals surface area contributed by atoms with E-state index in [1.807, 2.05) is 32.0 Å². The zero-order chi connectivity index (χ0) is 12.6. The third-order valence-electron chi connectivity index (χ3n) is 3.60. The summed E-state index contributed by atoms with van der Waals surface area (Å²) in [7, 11) is 0. The zero-order valence-corrected chi connectivity index (χ0v) is 11.3. The van der Waals surface area contributed by atoms with Crippen molar-refractivity contribution in [1.82, 2.24) is 0 Å². The highest BCUT2D eigenvalue weighted by Crippen LogP contribution is 2.33. The molecule has 1 aliphatic heterocycles. The standard InChI is InChI=1S/C14H18ClNO/c1-10-6-7-11(15)9-12(10)16-8-4-5-13(17)14(16,2)3/h6-7,9H,4-5,8H2,1-3H3. The molecule has 0 unspecified atom stereocenters. The molecule has 0 atom stereocenters. The van der Waals surface area contributed by atoms with Crippen LogP contribution in [0.5, 0.6) is 0 Å². The van der Waals surface area contributed by atoms with Gasteiger partial charge in [-0.05, 0) is 44.9 Å². The van der Waals surface area contributed by atoms with Gasteiger partial charge in [-0.3, -0.25) is 4.79 Å². The Kier molecular flexibility index (Phi) is 3.17. The summed E-state index contributed by atoms with van der Waals surface area (Å²) in [6.07, 6.45) is 1.61. The SMILES string of the molecule is Cc1ccc(Cl)cc1N1CCCC(=O)C1(C)C. The molecule has 2 nitrogen and oxygen atoms in total. The van der Waals surface area contributed by atoms with Crippen molar-refractivity contribution in [2.75, 3.05) is 11.4 Å². The van der Waals surface area contributed by atoms with E-state index in [1.165, 1.54) is 0 Å². The quantitative estimate of drug-likeness (QED) is 0.760. The fourth-order valence-electron chi connectivity index (χ4n) is 2.43. The first-order valence-electron chi connectivity index (χ1n) is 6.00. The molecule has 1 fully saturated rings. The number of nitrogens with zero attached hydrogens (tertiary/aromatic N) is 1. The third kappa shape index (κ3) is 2.19. The first-order chi connectivity index (χ1) is 7.93. The maximum absolute atomic E-state index is 12.0. The van der Waals surface area contributed by atoms with Gasteiger partial charge in [0.1, 0.15) is 0 Å². The van der Waals surface area contributed by atoms with Crippen molar-refractivity contribution < 1.29 is 4.79 Å². The van der Waals surface area contributed by atoms with Crippen LogP contribution in [0.25, 0.3) is 0 Å². The number of carbonyl (C=O) groups is 1. The Hall–Kier alpha value is -1.02. The molecule has 2 rings (SSSR count). The van der Waals surface area contributed by atoms with Gasteiger partial charge in [0.2, 0.25) is 0 Å². The van der Waals surface area contributed by atoms with Crippen LogP contribution in [0, 0.1) is 6.92 Å². The molecule has 1 aromatic rings. The number of piperidine rings is 1. The van der Waals surface area contributed by atoms with Gasteiger partial charge in [-0.1, -0.05) is 17.7 Å². The maximum Gasteiger partial charge on any atom is 0.157 e. The van der Waals surface area contributed by atoms with E-state index in [9.17, 15) is 4.79 Å². The summed E-state index contributed by atoms with van der Waals surface area (Å²) >= 11 is 6.05. The van der Waals surface area contributed by atoms with E-state index in [-0.39, 0.29) is 0 Å². The number of hydrogen-bond acceptors (Lipinski definition) is 2. The van der Waals surface area contributed by atoms with Gasteiger partial charge in [0, 0.05) is 23.7 Å². The predicted octanol–water partition coefficient (Wildman–Crippen LogP) is 3.60. The molecule has 0 spiro atoms. The van der Waals surface area contributed by atoms with Gasteiger partial charge >= 0.3 is 0 Å². The minimum Gasteiger partial charge on any atom is -0.359 e. The lowest BCUT2D eigenvalue weighted by Gasteiger charge is -2.43. The smallest absolute Gasteiger partial charge is 0.157 e. The summed E-state index contributed by atoms with van der Waals surface area (Å²) in [4.78, 5) is 14.2.